The molecular weight excluding hydrogens is 459 g/mol. The van der Waals surface area contributed by atoms with Crippen LogP contribution >= 0.6 is 34.5 Å². The number of anilines is 1. The first-order valence-corrected chi connectivity index (χ1v) is 11.5. The van der Waals surface area contributed by atoms with Crippen LogP contribution in [-0.4, -0.2) is 55.3 Å². The summed E-state index contributed by atoms with van der Waals surface area (Å²) in [5.41, 5.74) is 1.53. The third kappa shape index (κ3) is 5.99. The number of hydrogen-bond donors (Lipinski definition) is 2. The molecule has 0 atom stereocenters. The number of thiazole rings is 1. The molecule has 164 valence electrons. The van der Waals surface area contributed by atoms with Crippen molar-refractivity contribution in [1.29, 1.82) is 0 Å². The summed E-state index contributed by atoms with van der Waals surface area (Å²) in [6.07, 6.45) is 0. The number of hydrogen-bond acceptors (Lipinski definition) is 6. The summed E-state index contributed by atoms with van der Waals surface area (Å²) in [5.74, 6) is 0.675. The Morgan fingerprint density at radius 2 is 1.97 bits per heavy atom. The molecule has 7 nitrogen and oxygen atoms in total. The van der Waals surface area contributed by atoms with E-state index in [1.807, 2.05) is 18.2 Å². The number of benzene rings is 2. The lowest BCUT2D eigenvalue weighted by Crippen LogP contribution is -2.42. The fourth-order valence-electron chi connectivity index (χ4n) is 3.17. The SMILES string of the molecule is O=C(NCCN1CCOCC1)Nc1nc2ccc(OCc3c(Cl)cccc3Cl)cc2s1. The van der Waals surface area contributed by atoms with Gasteiger partial charge in [-0.05, 0) is 30.3 Å². The van der Waals surface area contributed by atoms with Gasteiger partial charge in [-0.25, -0.2) is 9.78 Å². The van der Waals surface area contributed by atoms with Crippen LogP contribution in [0.15, 0.2) is 36.4 Å². The number of amides is 2. The van der Waals surface area contributed by atoms with Gasteiger partial charge in [0, 0.05) is 41.8 Å². The van der Waals surface area contributed by atoms with Gasteiger partial charge in [0.2, 0.25) is 0 Å². The monoisotopic (exact) mass is 480 g/mol. The van der Waals surface area contributed by atoms with Crippen molar-refractivity contribution >= 4 is 55.9 Å². The highest BCUT2D eigenvalue weighted by molar-refractivity contribution is 7.22. The van der Waals surface area contributed by atoms with Crippen molar-refractivity contribution in [3.8, 4) is 5.75 Å². The molecule has 1 aromatic heterocycles. The van der Waals surface area contributed by atoms with Crippen LogP contribution in [0, 0.1) is 0 Å². The van der Waals surface area contributed by atoms with E-state index in [0.29, 0.717) is 27.5 Å². The lowest BCUT2D eigenvalue weighted by atomic mass is 10.2. The zero-order valence-electron chi connectivity index (χ0n) is 16.7. The van der Waals surface area contributed by atoms with Gasteiger partial charge < -0.3 is 14.8 Å². The summed E-state index contributed by atoms with van der Waals surface area (Å²) in [7, 11) is 0. The number of urea groups is 1. The molecule has 0 aliphatic carbocycles. The maximum absolute atomic E-state index is 12.2. The molecule has 2 heterocycles. The number of nitrogens with one attached hydrogen (secondary N) is 2. The first kappa shape index (κ1) is 22.1. The number of aromatic nitrogens is 1. The smallest absolute Gasteiger partial charge is 0.321 e. The molecule has 31 heavy (non-hydrogen) atoms. The Morgan fingerprint density at radius 1 is 1.19 bits per heavy atom. The van der Waals surface area contributed by atoms with Crippen molar-refractivity contribution in [3.63, 3.8) is 0 Å². The van der Waals surface area contributed by atoms with E-state index in [2.05, 4.69) is 20.5 Å². The molecule has 0 saturated carbocycles. The van der Waals surface area contributed by atoms with Crippen molar-refractivity contribution in [2.24, 2.45) is 0 Å². The third-order valence-corrected chi connectivity index (χ3v) is 6.48. The number of fused-ring (bicyclic) bond motifs is 1. The van der Waals surface area contributed by atoms with Gasteiger partial charge in [0.05, 0.1) is 23.4 Å². The molecule has 0 unspecified atom stereocenters. The number of nitrogens with zero attached hydrogens (tertiary/aromatic N) is 2. The maximum atomic E-state index is 12.2. The molecule has 2 amide bonds. The van der Waals surface area contributed by atoms with E-state index in [-0.39, 0.29) is 12.6 Å². The van der Waals surface area contributed by atoms with Crippen LogP contribution in [0.5, 0.6) is 5.75 Å². The molecule has 3 aromatic rings. The fourth-order valence-corrected chi connectivity index (χ4v) is 4.56. The Balaban J connectivity index is 1.31. The Labute approximate surface area is 194 Å². The quantitative estimate of drug-likeness (QED) is 0.515. The van der Waals surface area contributed by atoms with E-state index in [1.54, 1.807) is 18.2 Å². The Bertz CT molecular complexity index is 1040. The number of ether oxygens (including phenoxy) is 2. The third-order valence-electron chi connectivity index (χ3n) is 4.84. The largest absolute Gasteiger partial charge is 0.489 e. The van der Waals surface area contributed by atoms with Gasteiger partial charge in [-0.1, -0.05) is 40.6 Å². The van der Waals surface area contributed by atoms with Gasteiger partial charge in [-0.15, -0.1) is 0 Å². The van der Waals surface area contributed by atoms with Gasteiger partial charge in [0.25, 0.3) is 0 Å². The van der Waals surface area contributed by atoms with E-state index < -0.39 is 0 Å². The van der Waals surface area contributed by atoms with Crippen molar-refractivity contribution in [1.82, 2.24) is 15.2 Å². The highest BCUT2D eigenvalue weighted by Crippen LogP contribution is 2.31. The minimum absolute atomic E-state index is 0.263. The number of halogens is 2. The number of rotatable bonds is 7. The normalized spacial score (nSPS) is 14.5. The molecule has 4 rings (SSSR count). The summed E-state index contributed by atoms with van der Waals surface area (Å²) < 4.78 is 12.1. The number of morpholine rings is 1. The first-order chi connectivity index (χ1) is 15.1. The molecule has 1 aliphatic rings. The van der Waals surface area contributed by atoms with Crippen molar-refractivity contribution in [2.75, 3.05) is 44.7 Å². The predicted octanol–water partition coefficient (Wildman–Crippen LogP) is 4.64. The summed E-state index contributed by atoms with van der Waals surface area (Å²) in [5, 5.41) is 7.33. The van der Waals surface area contributed by atoms with Gasteiger partial charge in [0.1, 0.15) is 12.4 Å². The molecule has 2 N–H and O–H groups in total. The highest BCUT2D eigenvalue weighted by Gasteiger charge is 2.12. The second kappa shape index (κ2) is 10.5. The van der Waals surface area contributed by atoms with Crippen LogP contribution < -0.4 is 15.4 Å². The molecule has 0 bridgehead atoms. The van der Waals surface area contributed by atoms with Crippen molar-refractivity contribution in [2.45, 2.75) is 6.61 Å². The van der Waals surface area contributed by atoms with Crippen LogP contribution in [0.4, 0.5) is 9.93 Å². The molecular formula is C21H22Cl2N4O3S. The van der Waals surface area contributed by atoms with E-state index in [1.165, 1.54) is 11.3 Å². The summed E-state index contributed by atoms with van der Waals surface area (Å²) in [6, 6.07) is 10.7. The van der Waals surface area contributed by atoms with Crippen LogP contribution in [0.2, 0.25) is 10.0 Å². The summed E-state index contributed by atoms with van der Waals surface area (Å²) >= 11 is 13.8. The fraction of sp³-hybridized carbons (Fsp3) is 0.333. The minimum atomic E-state index is -0.267. The van der Waals surface area contributed by atoms with E-state index in [9.17, 15) is 4.79 Å². The van der Waals surface area contributed by atoms with Gasteiger partial charge in [-0.2, -0.15) is 0 Å². The van der Waals surface area contributed by atoms with E-state index in [4.69, 9.17) is 32.7 Å². The molecule has 0 radical (unpaired) electrons. The topological polar surface area (TPSA) is 75.7 Å². The lowest BCUT2D eigenvalue weighted by Gasteiger charge is -2.26. The van der Waals surface area contributed by atoms with Crippen LogP contribution in [0.25, 0.3) is 10.2 Å². The highest BCUT2D eigenvalue weighted by atomic mass is 35.5. The van der Waals surface area contributed by atoms with Crippen LogP contribution in [0.3, 0.4) is 0 Å². The van der Waals surface area contributed by atoms with Gasteiger partial charge >= 0.3 is 6.03 Å². The average molecular weight is 481 g/mol. The van der Waals surface area contributed by atoms with Gasteiger partial charge in [0.15, 0.2) is 5.13 Å². The van der Waals surface area contributed by atoms with E-state index >= 15 is 0 Å². The van der Waals surface area contributed by atoms with Crippen LogP contribution in [0.1, 0.15) is 5.56 Å². The number of carbonyl (C=O) groups excluding carboxylic acids is 1. The predicted molar refractivity (Wildman–Crippen MR) is 125 cm³/mol. The average Bonchev–Trinajstić information content (AvgIpc) is 3.15. The minimum Gasteiger partial charge on any atom is -0.489 e. The Kier molecular flexibility index (Phi) is 7.47. The lowest BCUT2D eigenvalue weighted by molar-refractivity contribution is 0.0388. The maximum Gasteiger partial charge on any atom is 0.321 e. The molecule has 2 aromatic carbocycles. The summed E-state index contributed by atoms with van der Waals surface area (Å²) in [6.45, 7) is 4.91. The van der Waals surface area contributed by atoms with Crippen molar-refractivity contribution < 1.29 is 14.3 Å². The zero-order valence-corrected chi connectivity index (χ0v) is 19.0. The van der Waals surface area contributed by atoms with Crippen LogP contribution in [-0.2, 0) is 11.3 Å². The van der Waals surface area contributed by atoms with E-state index in [0.717, 1.165) is 48.6 Å². The Morgan fingerprint density at radius 3 is 2.74 bits per heavy atom. The second-order valence-electron chi connectivity index (χ2n) is 6.97. The number of carbonyl (C=O) groups is 1. The first-order valence-electron chi connectivity index (χ1n) is 9.90. The standard InChI is InChI=1S/C21H22Cl2N4O3S/c22-16-2-1-3-17(23)15(16)13-30-14-4-5-18-19(12-14)31-21(25-18)26-20(28)24-6-7-27-8-10-29-11-9-27/h1-5,12H,6-11,13H2,(H2,24,25,26,28). The molecule has 1 fully saturated rings. The molecule has 1 saturated heterocycles. The molecule has 1 aliphatic heterocycles. The van der Waals surface area contributed by atoms with Gasteiger partial charge in [-0.3, -0.25) is 10.2 Å². The summed E-state index contributed by atoms with van der Waals surface area (Å²) in [4.78, 5) is 18.9. The Hall–Kier alpha value is -2.10. The zero-order chi connectivity index (χ0) is 21.6. The second-order valence-corrected chi connectivity index (χ2v) is 8.82. The molecule has 10 heteroatoms. The molecule has 0 spiro atoms. The van der Waals surface area contributed by atoms with Crippen molar-refractivity contribution in [3.05, 3.63) is 52.0 Å².